The third-order valence-electron chi connectivity index (χ3n) is 3.53. The van der Waals surface area contributed by atoms with Crippen molar-refractivity contribution in [3.63, 3.8) is 0 Å². The molecule has 0 spiro atoms. The second-order valence-corrected chi connectivity index (χ2v) is 5.79. The molecule has 21 heavy (non-hydrogen) atoms. The summed E-state index contributed by atoms with van der Waals surface area (Å²) in [6.45, 7) is 0. The molecular formula is C19H14BrCl. The van der Waals surface area contributed by atoms with Gasteiger partial charge in [0.15, 0.2) is 0 Å². The molecule has 0 saturated carbocycles. The topological polar surface area (TPSA) is 0 Å². The van der Waals surface area contributed by atoms with E-state index in [4.69, 9.17) is 11.6 Å². The van der Waals surface area contributed by atoms with Crippen LogP contribution in [0.5, 0.6) is 0 Å². The van der Waals surface area contributed by atoms with Crippen LogP contribution < -0.4 is 0 Å². The Kier molecular flexibility index (Phi) is 4.42. The highest BCUT2D eigenvalue weighted by molar-refractivity contribution is 9.08. The first-order chi connectivity index (χ1) is 10.3. The molecule has 0 nitrogen and oxygen atoms in total. The van der Waals surface area contributed by atoms with E-state index in [0.717, 1.165) is 21.5 Å². The van der Waals surface area contributed by atoms with Gasteiger partial charge in [0.25, 0.3) is 0 Å². The lowest BCUT2D eigenvalue weighted by atomic mass is 9.92. The van der Waals surface area contributed by atoms with Crippen molar-refractivity contribution in [2.45, 2.75) is 5.33 Å². The molecular weight excluding hydrogens is 344 g/mol. The van der Waals surface area contributed by atoms with Crippen molar-refractivity contribution in [2.24, 2.45) is 0 Å². The molecule has 0 fully saturated rings. The van der Waals surface area contributed by atoms with Crippen molar-refractivity contribution in [3.8, 4) is 22.3 Å². The maximum Gasteiger partial charge on any atom is 0.0490 e. The third-order valence-corrected chi connectivity index (χ3v) is 4.45. The number of rotatable bonds is 3. The Morgan fingerprint density at radius 2 is 1.38 bits per heavy atom. The van der Waals surface area contributed by atoms with Gasteiger partial charge in [-0.2, -0.15) is 0 Å². The molecule has 3 aromatic carbocycles. The summed E-state index contributed by atoms with van der Waals surface area (Å²) in [7, 11) is 0. The monoisotopic (exact) mass is 356 g/mol. The summed E-state index contributed by atoms with van der Waals surface area (Å²) in [6.07, 6.45) is 0. The molecule has 0 atom stereocenters. The molecule has 0 radical (unpaired) electrons. The van der Waals surface area contributed by atoms with Crippen molar-refractivity contribution >= 4 is 27.5 Å². The molecule has 0 aliphatic carbocycles. The smallest absolute Gasteiger partial charge is 0.0490 e. The zero-order valence-corrected chi connectivity index (χ0v) is 13.7. The second kappa shape index (κ2) is 6.46. The van der Waals surface area contributed by atoms with Gasteiger partial charge in [0.2, 0.25) is 0 Å². The van der Waals surface area contributed by atoms with Gasteiger partial charge in [0.1, 0.15) is 0 Å². The van der Waals surface area contributed by atoms with Crippen LogP contribution in [0, 0.1) is 0 Å². The number of alkyl halides is 1. The first-order valence-corrected chi connectivity index (χ1v) is 8.29. The van der Waals surface area contributed by atoms with E-state index in [1.54, 1.807) is 0 Å². The largest absolute Gasteiger partial charge is 0.0876 e. The molecule has 3 aromatic rings. The second-order valence-electron chi connectivity index (χ2n) is 4.82. The SMILES string of the molecule is Clc1cccc(-c2ccccc2)c1-c1ccccc1CBr. The van der Waals surface area contributed by atoms with Gasteiger partial charge < -0.3 is 0 Å². The van der Waals surface area contributed by atoms with Gasteiger partial charge in [-0.25, -0.2) is 0 Å². The average Bonchev–Trinajstić information content (AvgIpc) is 2.55. The Hall–Kier alpha value is -1.57. The summed E-state index contributed by atoms with van der Waals surface area (Å²) in [5.74, 6) is 0. The van der Waals surface area contributed by atoms with E-state index in [-0.39, 0.29) is 0 Å². The van der Waals surface area contributed by atoms with Crippen LogP contribution in [0.15, 0.2) is 72.8 Å². The summed E-state index contributed by atoms with van der Waals surface area (Å²) >= 11 is 10.1. The maximum atomic E-state index is 6.53. The Balaban J connectivity index is 2.28. The van der Waals surface area contributed by atoms with Crippen LogP contribution in [0.25, 0.3) is 22.3 Å². The minimum atomic E-state index is 0.782. The van der Waals surface area contributed by atoms with Crippen molar-refractivity contribution in [2.75, 3.05) is 0 Å². The molecule has 0 aliphatic rings. The molecule has 0 bridgehead atoms. The van der Waals surface area contributed by atoms with E-state index in [0.29, 0.717) is 0 Å². The minimum Gasteiger partial charge on any atom is -0.0876 e. The van der Waals surface area contributed by atoms with Gasteiger partial charge in [-0.15, -0.1) is 0 Å². The van der Waals surface area contributed by atoms with Crippen LogP contribution in [0.1, 0.15) is 5.56 Å². The van der Waals surface area contributed by atoms with E-state index in [1.165, 1.54) is 16.7 Å². The summed E-state index contributed by atoms with van der Waals surface area (Å²) < 4.78 is 0. The fourth-order valence-corrected chi connectivity index (χ4v) is 3.30. The van der Waals surface area contributed by atoms with Gasteiger partial charge in [0.05, 0.1) is 0 Å². The van der Waals surface area contributed by atoms with Gasteiger partial charge in [-0.1, -0.05) is 94.3 Å². The Bertz CT molecular complexity index is 751. The fraction of sp³-hybridized carbons (Fsp3) is 0.0526. The van der Waals surface area contributed by atoms with Crippen molar-refractivity contribution in [1.82, 2.24) is 0 Å². The van der Waals surface area contributed by atoms with Crippen molar-refractivity contribution < 1.29 is 0 Å². The summed E-state index contributed by atoms with van der Waals surface area (Å²) in [5.41, 5.74) is 5.86. The molecule has 0 heterocycles. The number of halogens is 2. The van der Waals surface area contributed by atoms with Gasteiger partial charge in [0, 0.05) is 15.9 Å². The van der Waals surface area contributed by atoms with E-state index in [2.05, 4.69) is 70.5 Å². The normalized spacial score (nSPS) is 10.6. The average molecular weight is 358 g/mol. The lowest BCUT2D eigenvalue weighted by Crippen LogP contribution is -1.90. The Morgan fingerprint density at radius 1 is 0.714 bits per heavy atom. The van der Waals surface area contributed by atoms with E-state index >= 15 is 0 Å². The number of hydrogen-bond donors (Lipinski definition) is 0. The Morgan fingerprint density at radius 3 is 2.14 bits per heavy atom. The third kappa shape index (κ3) is 2.90. The minimum absolute atomic E-state index is 0.782. The summed E-state index contributed by atoms with van der Waals surface area (Å²) in [6, 6.07) is 24.8. The first-order valence-electron chi connectivity index (χ1n) is 6.79. The molecule has 2 heteroatoms. The molecule has 104 valence electrons. The van der Waals surface area contributed by atoms with Crippen molar-refractivity contribution in [3.05, 3.63) is 83.4 Å². The van der Waals surface area contributed by atoms with E-state index in [1.807, 2.05) is 18.2 Å². The molecule has 0 N–H and O–H groups in total. The van der Waals surface area contributed by atoms with Crippen LogP contribution >= 0.6 is 27.5 Å². The summed E-state index contributed by atoms with van der Waals surface area (Å²) in [5, 5.41) is 1.59. The highest BCUT2D eigenvalue weighted by Crippen LogP contribution is 2.39. The predicted octanol–water partition coefficient (Wildman–Crippen LogP) is 6.57. The van der Waals surface area contributed by atoms with Crippen LogP contribution in [-0.2, 0) is 5.33 Å². The zero-order chi connectivity index (χ0) is 14.7. The highest BCUT2D eigenvalue weighted by Gasteiger charge is 2.13. The molecule has 0 amide bonds. The van der Waals surface area contributed by atoms with E-state index in [9.17, 15) is 0 Å². The number of hydrogen-bond acceptors (Lipinski definition) is 0. The maximum absolute atomic E-state index is 6.53. The quantitative estimate of drug-likeness (QED) is 0.465. The van der Waals surface area contributed by atoms with Crippen LogP contribution in [0.4, 0.5) is 0 Å². The molecule has 0 aliphatic heterocycles. The van der Waals surface area contributed by atoms with Crippen LogP contribution in [0.2, 0.25) is 5.02 Å². The van der Waals surface area contributed by atoms with Crippen LogP contribution in [0.3, 0.4) is 0 Å². The van der Waals surface area contributed by atoms with E-state index < -0.39 is 0 Å². The standard InChI is InChI=1S/C19H14BrCl/c20-13-15-9-4-5-10-17(15)19-16(11-6-12-18(19)21)14-7-2-1-3-8-14/h1-12H,13H2. The molecule has 0 aromatic heterocycles. The van der Waals surface area contributed by atoms with Crippen LogP contribution in [-0.4, -0.2) is 0 Å². The lowest BCUT2D eigenvalue weighted by molar-refractivity contribution is 1.43. The van der Waals surface area contributed by atoms with Crippen molar-refractivity contribution in [1.29, 1.82) is 0 Å². The highest BCUT2D eigenvalue weighted by atomic mass is 79.9. The van der Waals surface area contributed by atoms with Gasteiger partial charge in [-0.05, 0) is 28.3 Å². The number of benzene rings is 3. The zero-order valence-electron chi connectivity index (χ0n) is 11.4. The predicted molar refractivity (Wildman–Crippen MR) is 95.0 cm³/mol. The van der Waals surface area contributed by atoms with Gasteiger partial charge >= 0.3 is 0 Å². The molecule has 0 unspecified atom stereocenters. The van der Waals surface area contributed by atoms with Gasteiger partial charge in [-0.3, -0.25) is 0 Å². The lowest BCUT2D eigenvalue weighted by Gasteiger charge is -2.15. The molecule has 3 rings (SSSR count). The first kappa shape index (κ1) is 14.4. The summed E-state index contributed by atoms with van der Waals surface area (Å²) in [4.78, 5) is 0. The Labute approximate surface area is 138 Å². The fourth-order valence-electron chi connectivity index (χ4n) is 2.54. The molecule has 0 saturated heterocycles.